The molecule has 1 aliphatic heterocycles. The van der Waals surface area contributed by atoms with Gasteiger partial charge in [0.1, 0.15) is 0 Å². The summed E-state index contributed by atoms with van der Waals surface area (Å²) in [5, 5.41) is 3.35. The number of nitrogens with zero attached hydrogens (tertiary/aromatic N) is 4. The summed E-state index contributed by atoms with van der Waals surface area (Å²) in [6, 6.07) is 0.236. The Balaban J connectivity index is 2.20. The van der Waals surface area contributed by atoms with E-state index in [-0.39, 0.29) is 11.5 Å². The minimum absolute atomic E-state index is 0.119. The van der Waals surface area contributed by atoms with Crippen LogP contribution >= 0.6 is 0 Å². The molecule has 21 heavy (non-hydrogen) atoms. The monoisotopic (exact) mass is 293 g/mol. The number of anilines is 3. The lowest BCUT2D eigenvalue weighted by molar-refractivity contribution is 0.358. The molecule has 0 aromatic carbocycles. The Morgan fingerprint density at radius 1 is 1.05 bits per heavy atom. The number of piperidine rings is 1. The van der Waals surface area contributed by atoms with Crippen LogP contribution in [0.2, 0.25) is 0 Å². The summed E-state index contributed by atoms with van der Waals surface area (Å²) in [4.78, 5) is 15.4. The van der Waals surface area contributed by atoms with E-state index in [0.717, 1.165) is 13.1 Å². The quantitative estimate of drug-likeness (QED) is 0.577. The molecule has 4 N–H and O–H groups in total. The van der Waals surface area contributed by atoms with Gasteiger partial charge in [0.25, 0.3) is 0 Å². The number of hydrogen-bond acceptors (Lipinski definition) is 7. The second-order valence-electron chi connectivity index (χ2n) is 6.71. The lowest BCUT2D eigenvalue weighted by Crippen LogP contribution is -2.34. The molecule has 2 heterocycles. The van der Waals surface area contributed by atoms with Crippen LogP contribution in [-0.2, 0) is 0 Å². The van der Waals surface area contributed by atoms with Crippen molar-refractivity contribution in [3.63, 3.8) is 0 Å². The summed E-state index contributed by atoms with van der Waals surface area (Å²) in [7, 11) is 0. The third-order valence-electron chi connectivity index (χ3n) is 4.04. The van der Waals surface area contributed by atoms with E-state index in [0.29, 0.717) is 17.8 Å². The third-order valence-corrected chi connectivity index (χ3v) is 4.04. The van der Waals surface area contributed by atoms with E-state index < -0.39 is 0 Å². The van der Waals surface area contributed by atoms with Crippen molar-refractivity contribution in [1.29, 1.82) is 0 Å². The zero-order valence-electron chi connectivity index (χ0n) is 13.5. The van der Waals surface area contributed by atoms with Crippen LogP contribution < -0.4 is 21.5 Å². The maximum atomic E-state index is 5.48. The van der Waals surface area contributed by atoms with Gasteiger partial charge in [-0.25, -0.2) is 5.84 Å². The molecule has 2 rings (SSSR count). The fraction of sp³-hybridized carbons (Fsp3) is 0.786. The molecule has 0 aliphatic carbocycles. The maximum absolute atomic E-state index is 5.48. The van der Waals surface area contributed by atoms with Crippen molar-refractivity contribution in [2.45, 2.75) is 53.0 Å². The summed E-state index contributed by atoms with van der Waals surface area (Å²) in [6.07, 6.45) is 3.63. The topological polar surface area (TPSA) is 92.0 Å². The molecule has 118 valence electrons. The van der Waals surface area contributed by atoms with Gasteiger partial charge in [-0.1, -0.05) is 20.8 Å². The highest BCUT2D eigenvalue weighted by Crippen LogP contribution is 2.23. The summed E-state index contributed by atoms with van der Waals surface area (Å²) in [6.45, 7) is 10.6. The highest BCUT2D eigenvalue weighted by molar-refractivity contribution is 5.44. The lowest BCUT2D eigenvalue weighted by atomic mass is 9.88. The summed E-state index contributed by atoms with van der Waals surface area (Å²) < 4.78 is 0. The van der Waals surface area contributed by atoms with Gasteiger partial charge in [0.2, 0.25) is 17.8 Å². The zero-order valence-corrected chi connectivity index (χ0v) is 13.5. The van der Waals surface area contributed by atoms with Crippen LogP contribution in [0, 0.1) is 5.41 Å². The molecule has 1 unspecified atom stereocenters. The van der Waals surface area contributed by atoms with Gasteiger partial charge in [0, 0.05) is 19.1 Å². The number of aromatic nitrogens is 3. The molecule has 0 amide bonds. The first-order valence-electron chi connectivity index (χ1n) is 7.64. The van der Waals surface area contributed by atoms with Gasteiger partial charge in [-0.2, -0.15) is 15.0 Å². The molecule has 1 aromatic heterocycles. The molecule has 0 bridgehead atoms. The first-order chi connectivity index (χ1) is 9.90. The van der Waals surface area contributed by atoms with Crippen LogP contribution in [0.3, 0.4) is 0 Å². The molecular formula is C14H27N7. The van der Waals surface area contributed by atoms with Gasteiger partial charge in [0.05, 0.1) is 0 Å². The van der Waals surface area contributed by atoms with E-state index in [9.17, 15) is 0 Å². The van der Waals surface area contributed by atoms with Crippen LogP contribution in [-0.4, -0.2) is 34.1 Å². The van der Waals surface area contributed by atoms with E-state index in [1.165, 1.54) is 19.3 Å². The van der Waals surface area contributed by atoms with Gasteiger partial charge in [0.15, 0.2) is 0 Å². The first-order valence-corrected chi connectivity index (χ1v) is 7.64. The van der Waals surface area contributed by atoms with Gasteiger partial charge < -0.3 is 10.2 Å². The zero-order chi connectivity index (χ0) is 15.5. The molecule has 7 heteroatoms. The molecular weight excluding hydrogens is 266 g/mol. The van der Waals surface area contributed by atoms with Crippen molar-refractivity contribution in [2.75, 3.05) is 28.7 Å². The Morgan fingerprint density at radius 3 is 2.24 bits per heavy atom. The summed E-state index contributed by atoms with van der Waals surface area (Å²) >= 11 is 0. The molecule has 0 spiro atoms. The van der Waals surface area contributed by atoms with E-state index in [1.54, 1.807) is 0 Å². The maximum Gasteiger partial charge on any atom is 0.243 e. The van der Waals surface area contributed by atoms with Crippen LogP contribution in [0.4, 0.5) is 17.8 Å². The van der Waals surface area contributed by atoms with Crippen molar-refractivity contribution >= 4 is 17.8 Å². The minimum Gasteiger partial charge on any atom is -0.351 e. The summed E-state index contributed by atoms with van der Waals surface area (Å²) in [5.74, 6) is 7.15. The second-order valence-corrected chi connectivity index (χ2v) is 6.71. The highest BCUT2D eigenvalue weighted by atomic mass is 15.4. The van der Waals surface area contributed by atoms with Crippen LogP contribution in [0.25, 0.3) is 0 Å². The minimum atomic E-state index is 0.119. The molecule has 1 aliphatic rings. The molecule has 7 nitrogen and oxygen atoms in total. The lowest BCUT2D eigenvalue weighted by Gasteiger charge is -2.29. The Morgan fingerprint density at radius 2 is 1.67 bits per heavy atom. The van der Waals surface area contributed by atoms with E-state index >= 15 is 0 Å². The molecule has 0 radical (unpaired) electrons. The number of rotatable bonds is 4. The summed E-state index contributed by atoms with van der Waals surface area (Å²) in [5.41, 5.74) is 2.65. The Labute approximate surface area is 126 Å². The van der Waals surface area contributed by atoms with Crippen LogP contribution in [0.15, 0.2) is 0 Å². The molecule has 1 fully saturated rings. The largest absolute Gasteiger partial charge is 0.351 e. The van der Waals surface area contributed by atoms with Gasteiger partial charge in [-0.3, -0.25) is 5.43 Å². The standard InChI is InChI=1S/C14H27N7/c1-10(14(2,3)4)16-11-17-12(20-15)19-13(18-11)21-8-6-5-7-9-21/h10H,5-9,15H2,1-4H3,(H2,16,17,18,19,20). The molecule has 1 atom stereocenters. The van der Waals surface area contributed by atoms with Crippen molar-refractivity contribution in [3.05, 3.63) is 0 Å². The van der Waals surface area contributed by atoms with Crippen molar-refractivity contribution in [2.24, 2.45) is 11.3 Å². The number of nitrogens with two attached hydrogens (primary N) is 1. The SMILES string of the molecule is CC(Nc1nc(NN)nc(N2CCCCC2)n1)C(C)(C)C. The number of nitrogen functional groups attached to an aromatic ring is 1. The number of hydrogen-bond donors (Lipinski definition) is 3. The van der Waals surface area contributed by atoms with E-state index in [4.69, 9.17) is 5.84 Å². The van der Waals surface area contributed by atoms with Crippen molar-refractivity contribution < 1.29 is 0 Å². The molecule has 0 saturated carbocycles. The van der Waals surface area contributed by atoms with Gasteiger partial charge in [-0.05, 0) is 31.6 Å². The first kappa shape index (κ1) is 15.8. The van der Waals surface area contributed by atoms with Gasteiger partial charge in [-0.15, -0.1) is 0 Å². The fourth-order valence-corrected chi connectivity index (χ4v) is 2.14. The average Bonchev–Trinajstić information content (AvgIpc) is 2.46. The number of nitrogens with one attached hydrogen (secondary N) is 2. The van der Waals surface area contributed by atoms with Crippen molar-refractivity contribution in [3.8, 4) is 0 Å². The third kappa shape index (κ3) is 4.17. The Bertz CT molecular complexity index is 463. The normalized spacial score (nSPS) is 17.5. The second kappa shape index (κ2) is 6.43. The predicted octanol–water partition coefficient (Wildman–Crippen LogP) is 1.99. The van der Waals surface area contributed by atoms with Crippen LogP contribution in [0.5, 0.6) is 0 Å². The fourth-order valence-electron chi connectivity index (χ4n) is 2.14. The van der Waals surface area contributed by atoms with E-state index in [2.05, 4.69) is 58.3 Å². The molecule has 1 saturated heterocycles. The Kier molecular flexibility index (Phi) is 4.82. The predicted molar refractivity (Wildman–Crippen MR) is 86.2 cm³/mol. The number of hydrazine groups is 1. The Hall–Kier alpha value is -1.63. The molecule has 1 aromatic rings. The van der Waals surface area contributed by atoms with E-state index in [1.807, 2.05) is 0 Å². The average molecular weight is 293 g/mol. The smallest absolute Gasteiger partial charge is 0.243 e. The highest BCUT2D eigenvalue weighted by Gasteiger charge is 2.22. The van der Waals surface area contributed by atoms with Crippen molar-refractivity contribution in [1.82, 2.24) is 15.0 Å². The van der Waals surface area contributed by atoms with Gasteiger partial charge >= 0.3 is 0 Å². The van der Waals surface area contributed by atoms with Crippen LogP contribution in [0.1, 0.15) is 47.0 Å².